The highest BCUT2D eigenvalue weighted by Gasteiger charge is 2.26. The van der Waals surface area contributed by atoms with Gasteiger partial charge in [0.25, 0.3) is 5.91 Å². The number of carbonyl (C=O) groups is 2. The Morgan fingerprint density at radius 2 is 1.56 bits per heavy atom. The smallest absolute Gasteiger partial charge is 0.325 e. The number of amides is 1. The summed E-state index contributed by atoms with van der Waals surface area (Å²) in [5.41, 5.74) is -1.12. The van der Waals surface area contributed by atoms with Crippen LogP contribution >= 0.6 is 0 Å². The van der Waals surface area contributed by atoms with Crippen molar-refractivity contribution in [3.05, 3.63) is 64.5 Å². The maximum Gasteiger partial charge on any atom is 0.325 e. The van der Waals surface area contributed by atoms with Crippen LogP contribution in [0.2, 0.25) is 0 Å². The van der Waals surface area contributed by atoms with Crippen molar-refractivity contribution in [3.63, 3.8) is 0 Å². The van der Waals surface area contributed by atoms with Crippen LogP contribution in [0.3, 0.4) is 0 Å². The number of nitrogens with one attached hydrogen (secondary N) is 1. The van der Waals surface area contributed by atoms with E-state index in [0.717, 1.165) is 0 Å². The van der Waals surface area contributed by atoms with Gasteiger partial charge in [-0.2, -0.15) is 0 Å². The van der Waals surface area contributed by atoms with Gasteiger partial charge in [0.2, 0.25) is 5.82 Å². The van der Waals surface area contributed by atoms with Gasteiger partial charge in [-0.25, -0.2) is 22.0 Å². The highest BCUT2D eigenvalue weighted by Crippen LogP contribution is 2.23. The number of esters is 1. The quantitative estimate of drug-likeness (QED) is 0.357. The Kier molecular flexibility index (Phi) is 6.32. The van der Waals surface area contributed by atoms with E-state index in [1.165, 1.54) is 25.3 Å². The van der Waals surface area contributed by atoms with E-state index in [1.807, 2.05) is 0 Å². The van der Waals surface area contributed by atoms with E-state index in [9.17, 15) is 31.5 Å². The van der Waals surface area contributed by atoms with Gasteiger partial charge in [-0.3, -0.25) is 9.59 Å². The summed E-state index contributed by atoms with van der Waals surface area (Å²) in [4.78, 5) is 23.5. The van der Waals surface area contributed by atoms with Gasteiger partial charge in [0.15, 0.2) is 23.3 Å². The minimum atomic E-state index is -2.31. The van der Waals surface area contributed by atoms with E-state index >= 15 is 0 Å². The van der Waals surface area contributed by atoms with Crippen molar-refractivity contribution in [2.24, 2.45) is 0 Å². The molecule has 2 rings (SSSR count). The monoisotopic (exact) mass is 389 g/mol. The second-order valence-corrected chi connectivity index (χ2v) is 5.12. The molecule has 10 heteroatoms. The molecule has 0 aliphatic rings. The van der Waals surface area contributed by atoms with Gasteiger partial charge in [-0.1, -0.05) is 6.07 Å². The molecule has 5 nitrogen and oxygen atoms in total. The molecule has 0 atom stereocenters. The van der Waals surface area contributed by atoms with Gasteiger partial charge >= 0.3 is 5.97 Å². The normalized spacial score (nSPS) is 10.4. The Labute approximate surface area is 149 Å². The highest BCUT2D eigenvalue weighted by molar-refractivity contribution is 5.96. The fraction of sp³-hybridized carbons (Fsp3) is 0.176. The summed E-state index contributed by atoms with van der Waals surface area (Å²) in [6.07, 6.45) is 0. The lowest BCUT2D eigenvalue weighted by atomic mass is 10.2. The Morgan fingerprint density at radius 3 is 2.15 bits per heavy atom. The molecule has 1 amide bonds. The molecule has 0 bridgehead atoms. The molecule has 0 unspecified atom stereocenters. The Bertz CT molecular complexity index is 859. The minimum absolute atomic E-state index is 0.168. The topological polar surface area (TPSA) is 64.6 Å². The lowest BCUT2D eigenvalue weighted by Crippen LogP contribution is -2.30. The van der Waals surface area contributed by atoms with Crippen molar-refractivity contribution in [2.45, 2.75) is 6.61 Å². The fourth-order valence-electron chi connectivity index (χ4n) is 2.00. The number of methoxy groups -OCH3 is 1. The fourth-order valence-corrected chi connectivity index (χ4v) is 2.00. The van der Waals surface area contributed by atoms with Gasteiger partial charge < -0.3 is 14.8 Å². The van der Waals surface area contributed by atoms with Crippen molar-refractivity contribution in [2.75, 3.05) is 13.7 Å². The number of ether oxygens (including phenoxy) is 2. The molecule has 0 aromatic heterocycles. The van der Waals surface area contributed by atoms with Crippen LogP contribution in [0, 0.1) is 29.1 Å². The first kappa shape index (κ1) is 20.1. The summed E-state index contributed by atoms with van der Waals surface area (Å²) >= 11 is 0. The second-order valence-electron chi connectivity index (χ2n) is 5.12. The van der Waals surface area contributed by atoms with Crippen LogP contribution in [0.5, 0.6) is 5.75 Å². The van der Waals surface area contributed by atoms with Gasteiger partial charge in [0.1, 0.15) is 18.9 Å². The Morgan fingerprint density at radius 1 is 0.963 bits per heavy atom. The van der Waals surface area contributed by atoms with E-state index in [4.69, 9.17) is 4.74 Å². The number of hydrogen-bond acceptors (Lipinski definition) is 4. The third-order valence-electron chi connectivity index (χ3n) is 3.40. The van der Waals surface area contributed by atoms with Crippen LogP contribution in [0.1, 0.15) is 15.9 Å². The summed E-state index contributed by atoms with van der Waals surface area (Å²) in [5.74, 6) is -12.2. The number of carbonyl (C=O) groups excluding carboxylic acids is 2. The number of halogens is 5. The van der Waals surface area contributed by atoms with E-state index < -0.39 is 59.7 Å². The summed E-state index contributed by atoms with van der Waals surface area (Å²) in [7, 11) is 1.40. The van der Waals surface area contributed by atoms with Crippen molar-refractivity contribution < 1.29 is 41.0 Å². The molecule has 0 aliphatic heterocycles. The number of rotatable bonds is 6. The second kappa shape index (κ2) is 8.47. The molecule has 0 aliphatic carbocycles. The van der Waals surface area contributed by atoms with E-state index in [1.54, 1.807) is 6.07 Å². The van der Waals surface area contributed by atoms with E-state index in [0.29, 0.717) is 5.75 Å². The zero-order valence-corrected chi connectivity index (χ0v) is 13.7. The van der Waals surface area contributed by atoms with Crippen molar-refractivity contribution in [1.82, 2.24) is 5.32 Å². The SMILES string of the molecule is COc1cccc(C(=O)NCC(=O)OCc2c(F)c(F)c(F)c(F)c2F)c1. The van der Waals surface area contributed by atoms with Crippen LogP contribution in [0.25, 0.3) is 0 Å². The third kappa shape index (κ3) is 4.52. The molecule has 144 valence electrons. The van der Waals surface area contributed by atoms with E-state index in [-0.39, 0.29) is 5.56 Å². The zero-order chi connectivity index (χ0) is 20.1. The maximum atomic E-state index is 13.5. The largest absolute Gasteiger partial charge is 0.497 e. The first-order valence-corrected chi connectivity index (χ1v) is 7.34. The van der Waals surface area contributed by atoms with Crippen molar-refractivity contribution in [1.29, 1.82) is 0 Å². The summed E-state index contributed by atoms with van der Waals surface area (Å²) in [6, 6.07) is 5.97. The summed E-state index contributed by atoms with van der Waals surface area (Å²) in [5, 5.41) is 2.18. The molecule has 27 heavy (non-hydrogen) atoms. The van der Waals surface area contributed by atoms with Crippen molar-refractivity contribution in [3.8, 4) is 5.75 Å². The number of hydrogen-bond donors (Lipinski definition) is 1. The number of benzene rings is 2. The van der Waals surface area contributed by atoms with Gasteiger partial charge in [0, 0.05) is 5.56 Å². The predicted octanol–water partition coefficient (Wildman–Crippen LogP) is 2.86. The molecule has 0 spiro atoms. The van der Waals surface area contributed by atoms with Crippen LogP contribution in [-0.2, 0) is 16.1 Å². The molecule has 0 heterocycles. The average Bonchev–Trinajstić information content (AvgIpc) is 2.68. The van der Waals surface area contributed by atoms with Gasteiger partial charge in [0.05, 0.1) is 12.7 Å². The van der Waals surface area contributed by atoms with Crippen LogP contribution < -0.4 is 10.1 Å². The molecule has 0 saturated carbocycles. The molecule has 1 N–H and O–H groups in total. The van der Waals surface area contributed by atoms with Gasteiger partial charge in [-0.05, 0) is 18.2 Å². The van der Waals surface area contributed by atoms with Crippen molar-refractivity contribution >= 4 is 11.9 Å². The van der Waals surface area contributed by atoms with Crippen LogP contribution in [0.15, 0.2) is 24.3 Å². The average molecular weight is 389 g/mol. The lowest BCUT2D eigenvalue weighted by Gasteiger charge is -2.10. The molecule has 0 radical (unpaired) electrons. The first-order chi connectivity index (χ1) is 12.8. The van der Waals surface area contributed by atoms with Crippen LogP contribution in [-0.4, -0.2) is 25.5 Å². The predicted molar refractivity (Wildman–Crippen MR) is 81.4 cm³/mol. The lowest BCUT2D eigenvalue weighted by molar-refractivity contribution is -0.143. The highest BCUT2D eigenvalue weighted by atomic mass is 19.2. The molecule has 0 fully saturated rings. The van der Waals surface area contributed by atoms with Gasteiger partial charge in [-0.15, -0.1) is 0 Å². The molecular weight excluding hydrogens is 377 g/mol. The molecular formula is C17H12F5NO4. The molecule has 2 aromatic rings. The summed E-state index contributed by atoms with van der Waals surface area (Å²) < 4.78 is 75.4. The Hall–Kier alpha value is -3.17. The third-order valence-corrected chi connectivity index (χ3v) is 3.40. The maximum absolute atomic E-state index is 13.5. The standard InChI is InChI=1S/C17H12F5NO4/c1-26-9-4-2-3-8(5-9)17(25)23-6-11(24)27-7-10-12(18)14(20)16(22)15(21)13(10)19/h2-5H,6-7H2,1H3,(H,23,25). The first-order valence-electron chi connectivity index (χ1n) is 7.34. The molecule has 0 saturated heterocycles. The zero-order valence-electron chi connectivity index (χ0n) is 13.7. The molecule has 2 aromatic carbocycles. The van der Waals surface area contributed by atoms with E-state index in [2.05, 4.69) is 10.1 Å². The summed E-state index contributed by atoms with van der Waals surface area (Å²) in [6.45, 7) is -1.88. The minimum Gasteiger partial charge on any atom is -0.497 e. The van der Waals surface area contributed by atoms with Crippen LogP contribution in [0.4, 0.5) is 22.0 Å². The Balaban J connectivity index is 1.96.